The summed E-state index contributed by atoms with van der Waals surface area (Å²) in [4.78, 5) is 4.42. The zero-order valence-electron chi connectivity index (χ0n) is 10.2. The van der Waals surface area contributed by atoms with Gasteiger partial charge >= 0.3 is 0 Å². The molecule has 1 saturated carbocycles. The van der Waals surface area contributed by atoms with Gasteiger partial charge in [0.1, 0.15) is 0 Å². The van der Waals surface area contributed by atoms with E-state index in [-0.39, 0.29) is 5.54 Å². The third-order valence-electron chi connectivity index (χ3n) is 3.59. The Hall–Kier alpha value is -1.33. The molecule has 0 bridgehead atoms. The van der Waals surface area contributed by atoms with E-state index in [1.165, 1.54) is 12.8 Å². The number of hydrogen-bond donors (Lipinski definition) is 2. The molecule has 2 aromatic heterocycles. The van der Waals surface area contributed by atoms with Crippen LogP contribution in [0.2, 0.25) is 5.02 Å². The van der Waals surface area contributed by atoms with Crippen LogP contribution >= 0.6 is 11.6 Å². The van der Waals surface area contributed by atoms with E-state index in [1.54, 1.807) is 16.8 Å². The van der Waals surface area contributed by atoms with Gasteiger partial charge in [-0.3, -0.25) is 0 Å². The summed E-state index contributed by atoms with van der Waals surface area (Å²) >= 11 is 5.92. The highest BCUT2D eigenvalue weighted by Crippen LogP contribution is 2.40. The number of anilines is 1. The largest absolute Gasteiger partial charge is 0.346 e. The van der Waals surface area contributed by atoms with Crippen LogP contribution in [0.4, 0.5) is 5.95 Å². The second-order valence-corrected chi connectivity index (χ2v) is 5.54. The summed E-state index contributed by atoms with van der Waals surface area (Å²) in [5.74, 6) is 1.23. The van der Waals surface area contributed by atoms with Crippen LogP contribution in [0.25, 0.3) is 5.65 Å². The Labute approximate surface area is 110 Å². The molecule has 0 radical (unpaired) electrons. The smallest absolute Gasteiger partial charge is 0.243 e. The Balaban J connectivity index is 1.90. The number of hydrogen-bond acceptors (Lipinski definition) is 4. The Morgan fingerprint density at radius 3 is 3.00 bits per heavy atom. The van der Waals surface area contributed by atoms with Crippen LogP contribution in [0.1, 0.15) is 19.8 Å². The van der Waals surface area contributed by atoms with Gasteiger partial charge in [-0.15, -0.1) is 5.10 Å². The predicted molar refractivity (Wildman–Crippen MR) is 71.8 cm³/mol. The molecule has 96 valence electrons. The minimum Gasteiger partial charge on any atom is -0.346 e. The SMILES string of the molecule is CC(CN)(Nc1nc2ccc(Cl)cn2n1)C1CC1. The number of halogens is 1. The zero-order chi connectivity index (χ0) is 12.8. The summed E-state index contributed by atoms with van der Waals surface area (Å²) in [5.41, 5.74) is 6.53. The zero-order valence-corrected chi connectivity index (χ0v) is 11.0. The highest BCUT2D eigenvalue weighted by atomic mass is 35.5. The van der Waals surface area contributed by atoms with Gasteiger partial charge < -0.3 is 11.1 Å². The molecular formula is C12H16ClN5. The van der Waals surface area contributed by atoms with Crippen molar-refractivity contribution >= 4 is 23.2 Å². The predicted octanol–water partition coefficient (Wildman–Crippen LogP) is 1.92. The number of pyridine rings is 1. The van der Waals surface area contributed by atoms with Crippen molar-refractivity contribution in [3.8, 4) is 0 Å². The molecular weight excluding hydrogens is 250 g/mol. The first kappa shape index (κ1) is 11.7. The molecule has 2 aromatic rings. The quantitative estimate of drug-likeness (QED) is 0.886. The molecule has 3 rings (SSSR count). The summed E-state index contributed by atoms with van der Waals surface area (Å²) in [7, 11) is 0. The van der Waals surface area contributed by atoms with Crippen molar-refractivity contribution in [3.05, 3.63) is 23.4 Å². The van der Waals surface area contributed by atoms with Crippen LogP contribution in [0.5, 0.6) is 0 Å². The standard InChI is InChI=1S/C12H16ClN5/c1-12(7-14,8-2-3-8)16-11-15-10-5-4-9(13)6-18(10)17-11/h4-6,8H,2-3,7,14H2,1H3,(H,16,17). The molecule has 18 heavy (non-hydrogen) atoms. The first-order valence-corrected chi connectivity index (χ1v) is 6.49. The van der Waals surface area contributed by atoms with Gasteiger partial charge in [0.05, 0.1) is 10.6 Å². The van der Waals surface area contributed by atoms with Gasteiger partial charge in [0, 0.05) is 12.7 Å². The average molecular weight is 266 g/mol. The number of nitrogens with one attached hydrogen (secondary N) is 1. The number of nitrogens with two attached hydrogens (primary N) is 1. The molecule has 6 heteroatoms. The Bertz CT molecular complexity index is 577. The van der Waals surface area contributed by atoms with Crippen LogP contribution < -0.4 is 11.1 Å². The van der Waals surface area contributed by atoms with E-state index in [4.69, 9.17) is 17.3 Å². The van der Waals surface area contributed by atoms with Crippen molar-refractivity contribution < 1.29 is 0 Å². The lowest BCUT2D eigenvalue weighted by Gasteiger charge is -2.28. The monoisotopic (exact) mass is 265 g/mol. The van der Waals surface area contributed by atoms with E-state index in [0.717, 1.165) is 5.65 Å². The van der Waals surface area contributed by atoms with Crippen LogP contribution in [-0.4, -0.2) is 26.7 Å². The first-order chi connectivity index (χ1) is 8.60. The normalized spacial score (nSPS) is 18.8. The van der Waals surface area contributed by atoms with Crippen molar-refractivity contribution in [2.75, 3.05) is 11.9 Å². The summed E-state index contributed by atoms with van der Waals surface area (Å²) in [6.07, 6.45) is 4.19. The summed E-state index contributed by atoms with van der Waals surface area (Å²) in [6, 6.07) is 3.65. The molecule has 1 unspecified atom stereocenters. The lowest BCUT2D eigenvalue weighted by Crippen LogP contribution is -2.45. The molecule has 0 aromatic carbocycles. The van der Waals surface area contributed by atoms with Gasteiger partial charge in [-0.25, -0.2) is 4.52 Å². The van der Waals surface area contributed by atoms with E-state index >= 15 is 0 Å². The Morgan fingerprint density at radius 2 is 2.33 bits per heavy atom. The van der Waals surface area contributed by atoms with Crippen molar-refractivity contribution in [3.63, 3.8) is 0 Å². The molecule has 1 aliphatic rings. The third kappa shape index (κ3) is 2.04. The van der Waals surface area contributed by atoms with Gasteiger partial charge in [-0.05, 0) is 37.8 Å². The summed E-state index contributed by atoms with van der Waals surface area (Å²) < 4.78 is 1.68. The fourth-order valence-electron chi connectivity index (χ4n) is 2.21. The van der Waals surface area contributed by atoms with Crippen molar-refractivity contribution in [1.29, 1.82) is 0 Å². The second kappa shape index (κ2) is 4.10. The fourth-order valence-corrected chi connectivity index (χ4v) is 2.36. The van der Waals surface area contributed by atoms with Crippen molar-refractivity contribution in [1.82, 2.24) is 14.6 Å². The van der Waals surface area contributed by atoms with E-state index < -0.39 is 0 Å². The van der Waals surface area contributed by atoms with Gasteiger partial charge in [0.25, 0.3) is 0 Å². The molecule has 0 spiro atoms. The minimum atomic E-state index is -0.116. The number of aromatic nitrogens is 3. The molecule has 0 saturated heterocycles. The first-order valence-electron chi connectivity index (χ1n) is 6.11. The maximum absolute atomic E-state index is 5.92. The van der Waals surface area contributed by atoms with E-state index in [1.807, 2.05) is 6.07 Å². The van der Waals surface area contributed by atoms with Gasteiger partial charge in [-0.1, -0.05) is 11.6 Å². The maximum atomic E-state index is 5.92. The van der Waals surface area contributed by atoms with Crippen LogP contribution in [0.3, 0.4) is 0 Å². The molecule has 3 N–H and O–H groups in total. The fraction of sp³-hybridized carbons (Fsp3) is 0.500. The maximum Gasteiger partial charge on any atom is 0.243 e. The molecule has 5 nitrogen and oxygen atoms in total. The molecule has 2 heterocycles. The highest BCUT2D eigenvalue weighted by molar-refractivity contribution is 6.30. The molecule has 0 aliphatic heterocycles. The van der Waals surface area contributed by atoms with Crippen LogP contribution in [0, 0.1) is 5.92 Å². The van der Waals surface area contributed by atoms with Crippen LogP contribution in [0.15, 0.2) is 18.3 Å². The molecule has 0 amide bonds. The van der Waals surface area contributed by atoms with Gasteiger partial charge in [0.15, 0.2) is 5.65 Å². The Kier molecular flexibility index (Phi) is 2.68. The summed E-state index contributed by atoms with van der Waals surface area (Å²) in [5, 5.41) is 8.38. The second-order valence-electron chi connectivity index (χ2n) is 5.11. The number of nitrogens with zero attached hydrogens (tertiary/aromatic N) is 3. The average Bonchev–Trinajstić information content (AvgIpc) is 3.12. The van der Waals surface area contributed by atoms with E-state index in [2.05, 4.69) is 22.3 Å². The van der Waals surface area contributed by atoms with Crippen molar-refractivity contribution in [2.24, 2.45) is 11.7 Å². The molecule has 1 fully saturated rings. The Morgan fingerprint density at radius 1 is 1.56 bits per heavy atom. The molecule has 1 aliphatic carbocycles. The third-order valence-corrected chi connectivity index (χ3v) is 3.82. The highest BCUT2D eigenvalue weighted by Gasteiger charge is 2.41. The van der Waals surface area contributed by atoms with Crippen molar-refractivity contribution in [2.45, 2.75) is 25.3 Å². The minimum absolute atomic E-state index is 0.116. The molecule has 1 atom stereocenters. The lowest BCUT2D eigenvalue weighted by atomic mass is 9.96. The summed E-state index contributed by atoms with van der Waals surface area (Å²) in [6.45, 7) is 2.71. The topological polar surface area (TPSA) is 68.2 Å². The number of fused-ring (bicyclic) bond motifs is 1. The van der Waals surface area contributed by atoms with E-state index in [9.17, 15) is 0 Å². The van der Waals surface area contributed by atoms with Gasteiger partial charge in [-0.2, -0.15) is 4.98 Å². The van der Waals surface area contributed by atoms with E-state index in [0.29, 0.717) is 23.4 Å². The lowest BCUT2D eigenvalue weighted by molar-refractivity contribution is 0.456. The van der Waals surface area contributed by atoms with Gasteiger partial charge in [0.2, 0.25) is 5.95 Å². The number of rotatable bonds is 4. The van der Waals surface area contributed by atoms with Crippen LogP contribution in [-0.2, 0) is 0 Å².